The third-order valence-electron chi connectivity index (χ3n) is 3.59. The molecule has 3 rings (SSSR count). The number of nitrogens with zero attached hydrogens (tertiary/aromatic N) is 3. The first-order valence-electron chi connectivity index (χ1n) is 6.65. The minimum absolute atomic E-state index is 0.341. The van der Waals surface area contributed by atoms with Crippen molar-refractivity contribution in [3.63, 3.8) is 0 Å². The first kappa shape index (κ1) is 12.4. The van der Waals surface area contributed by atoms with Crippen molar-refractivity contribution in [2.45, 2.75) is 6.54 Å². The van der Waals surface area contributed by atoms with Crippen molar-refractivity contribution in [1.29, 1.82) is 0 Å². The minimum Gasteiger partial charge on any atom is -0.381 e. The van der Waals surface area contributed by atoms with Gasteiger partial charge in [-0.25, -0.2) is 4.68 Å². The van der Waals surface area contributed by atoms with E-state index in [1.54, 1.807) is 6.07 Å². The number of amides is 1. The number of primary amides is 1. The van der Waals surface area contributed by atoms with Gasteiger partial charge in [0.05, 0.1) is 19.8 Å². The van der Waals surface area contributed by atoms with Crippen molar-refractivity contribution in [1.82, 2.24) is 15.1 Å². The maximum absolute atomic E-state index is 11.3. The molecule has 3 N–H and O–H groups in total. The molecule has 19 heavy (non-hydrogen) atoms. The molecule has 2 saturated heterocycles. The van der Waals surface area contributed by atoms with E-state index in [1.165, 1.54) is 0 Å². The Bertz CT molecular complexity index is 463. The fraction of sp³-hybridized carbons (Fsp3) is 0.667. The largest absolute Gasteiger partial charge is 0.381 e. The average molecular weight is 265 g/mol. The van der Waals surface area contributed by atoms with Crippen LogP contribution < -0.4 is 16.0 Å². The van der Waals surface area contributed by atoms with Gasteiger partial charge >= 0.3 is 0 Å². The van der Waals surface area contributed by atoms with Crippen molar-refractivity contribution in [2.24, 2.45) is 11.7 Å². The summed E-state index contributed by atoms with van der Waals surface area (Å²) in [7, 11) is 0. The van der Waals surface area contributed by atoms with Gasteiger partial charge in [-0.1, -0.05) is 0 Å². The number of carbonyl (C=O) groups excluding carboxylic acids is 1. The van der Waals surface area contributed by atoms with E-state index in [0.29, 0.717) is 11.6 Å². The van der Waals surface area contributed by atoms with Crippen molar-refractivity contribution < 1.29 is 9.53 Å². The fourth-order valence-electron chi connectivity index (χ4n) is 2.44. The lowest BCUT2D eigenvalue weighted by molar-refractivity contribution is -0.0407. The molecule has 3 heterocycles. The van der Waals surface area contributed by atoms with E-state index in [-0.39, 0.29) is 0 Å². The average Bonchev–Trinajstić information content (AvgIpc) is 2.79. The molecule has 0 radical (unpaired) electrons. The molecule has 7 nitrogen and oxygen atoms in total. The van der Waals surface area contributed by atoms with E-state index in [9.17, 15) is 4.79 Å². The van der Waals surface area contributed by atoms with Crippen molar-refractivity contribution in [3.8, 4) is 0 Å². The van der Waals surface area contributed by atoms with Gasteiger partial charge in [-0.2, -0.15) is 5.10 Å². The third kappa shape index (κ3) is 2.57. The molecule has 0 atom stereocenters. The lowest BCUT2D eigenvalue weighted by Gasteiger charge is -2.31. The summed E-state index contributed by atoms with van der Waals surface area (Å²) in [5, 5.41) is 7.64. The van der Waals surface area contributed by atoms with Gasteiger partial charge in [0.25, 0.3) is 5.91 Å². The van der Waals surface area contributed by atoms with E-state index in [1.807, 2.05) is 4.68 Å². The number of carbonyl (C=O) groups is 1. The van der Waals surface area contributed by atoms with Gasteiger partial charge in [-0.3, -0.25) is 4.79 Å². The minimum atomic E-state index is -0.472. The second-order valence-electron chi connectivity index (χ2n) is 5.07. The molecule has 2 aliphatic heterocycles. The highest BCUT2D eigenvalue weighted by Crippen LogP contribution is 2.21. The van der Waals surface area contributed by atoms with Crippen LogP contribution >= 0.6 is 0 Å². The molecule has 1 aromatic heterocycles. The van der Waals surface area contributed by atoms with E-state index >= 15 is 0 Å². The quantitative estimate of drug-likeness (QED) is 0.732. The normalized spacial score (nSPS) is 20.3. The maximum Gasteiger partial charge on any atom is 0.269 e. The molecule has 2 fully saturated rings. The first-order chi connectivity index (χ1) is 9.24. The zero-order valence-electron chi connectivity index (χ0n) is 10.8. The molecule has 0 aliphatic carbocycles. The Morgan fingerprint density at radius 3 is 2.79 bits per heavy atom. The zero-order chi connectivity index (χ0) is 13.2. The summed E-state index contributed by atoms with van der Waals surface area (Å²) in [5.74, 6) is 1.00. The van der Waals surface area contributed by atoms with Crippen molar-refractivity contribution in [3.05, 3.63) is 11.8 Å². The van der Waals surface area contributed by atoms with E-state index in [4.69, 9.17) is 10.5 Å². The highest BCUT2D eigenvalue weighted by atomic mass is 16.5. The van der Waals surface area contributed by atoms with Crippen LogP contribution in [0.1, 0.15) is 10.5 Å². The number of hydrogen-bond acceptors (Lipinski definition) is 5. The summed E-state index contributed by atoms with van der Waals surface area (Å²) in [6, 6.07) is 1.80. The van der Waals surface area contributed by atoms with Crippen LogP contribution in [-0.4, -0.2) is 55.1 Å². The monoisotopic (exact) mass is 265 g/mol. The Kier molecular flexibility index (Phi) is 3.39. The molecule has 1 amide bonds. The van der Waals surface area contributed by atoms with Gasteiger partial charge in [-0.15, -0.1) is 0 Å². The third-order valence-corrected chi connectivity index (χ3v) is 3.59. The van der Waals surface area contributed by atoms with Gasteiger partial charge in [-0.05, 0) is 0 Å². The second-order valence-corrected chi connectivity index (χ2v) is 5.07. The number of nitrogens with two attached hydrogens (primary N) is 1. The van der Waals surface area contributed by atoms with Crippen LogP contribution in [0.5, 0.6) is 0 Å². The van der Waals surface area contributed by atoms with E-state index < -0.39 is 5.91 Å². The van der Waals surface area contributed by atoms with Gasteiger partial charge in [0.15, 0.2) is 5.69 Å². The smallest absolute Gasteiger partial charge is 0.269 e. The number of aromatic nitrogens is 2. The number of anilines is 1. The summed E-state index contributed by atoms with van der Waals surface area (Å²) in [4.78, 5) is 13.6. The van der Waals surface area contributed by atoms with Gasteiger partial charge in [0, 0.05) is 38.2 Å². The summed E-state index contributed by atoms with van der Waals surface area (Å²) in [6.07, 6.45) is 0. The molecule has 2 aliphatic rings. The Morgan fingerprint density at radius 2 is 2.21 bits per heavy atom. The van der Waals surface area contributed by atoms with Gasteiger partial charge in [0.1, 0.15) is 5.82 Å². The number of hydrogen-bond donors (Lipinski definition) is 2. The Labute approximate surface area is 111 Å². The molecular formula is C12H19N5O2. The summed E-state index contributed by atoms with van der Waals surface area (Å²) >= 11 is 0. The Hall–Kier alpha value is -1.60. The molecule has 0 aromatic carbocycles. The summed E-state index contributed by atoms with van der Waals surface area (Å²) in [6.45, 7) is 6.06. The fourth-order valence-corrected chi connectivity index (χ4v) is 2.44. The molecule has 7 heteroatoms. The molecule has 0 saturated carbocycles. The summed E-state index contributed by atoms with van der Waals surface area (Å²) < 4.78 is 7.09. The predicted octanol–water partition coefficient (Wildman–Crippen LogP) is -0.962. The van der Waals surface area contributed by atoms with E-state index in [2.05, 4.69) is 15.3 Å². The molecule has 0 unspecified atom stereocenters. The van der Waals surface area contributed by atoms with Crippen LogP contribution in [-0.2, 0) is 11.3 Å². The number of rotatable bonds is 4. The van der Waals surface area contributed by atoms with Crippen LogP contribution in [0.4, 0.5) is 5.82 Å². The molecule has 0 spiro atoms. The highest BCUT2D eigenvalue weighted by molar-refractivity contribution is 5.91. The van der Waals surface area contributed by atoms with Crippen LogP contribution in [0.2, 0.25) is 0 Å². The van der Waals surface area contributed by atoms with Gasteiger partial charge < -0.3 is 20.7 Å². The molecule has 104 valence electrons. The van der Waals surface area contributed by atoms with E-state index in [0.717, 1.165) is 51.8 Å². The van der Waals surface area contributed by atoms with Crippen molar-refractivity contribution in [2.75, 3.05) is 44.3 Å². The van der Waals surface area contributed by atoms with Crippen LogP contribution in [0.25, 0.3) is 0 Å². The summed E-state index contributed by atoms with van der Waals surface area (Å²) in [5.41, 5.74) is 5.67. The lowest BCUT2D eigenvalue weighted by Crippen LogP contribution is -2.44. The zero-order valence-corrected chi connectivity index (χ0v) is 10.8. The number of ether oxygens (including phenoxy) is 1. The van der Waals surface area contributed by atoms with Gasteiger partial charge in [0.2, 0.25) is 0 Å². The second kappa shape index (κ2) is 5.18. The Morgan fingerprint density at radius 1 is 1.47 bits per heavy atom. The Balaban J connectivity index is 1.83. The first-order valence-corrected chi connectivity index (χ1v) is 6.65. The molecule has 1 aromatic rings. The molecule has 0 bridgehead atoms. The predicted molar refractivity (Wildman–Crippen MR) is 70.1 cm³/mol. The SMILES string of the molecule is NC(=O)c1cc(N2CCNCC2)n(CC2COC2)n1. The van der Waals surface area contributed by atoms with Crippen molar-refractivity contribution >= 4 is 11.7 Å². The number of nitrogens with one attached hydrogen (secondary N) is 1. The van der Waals surface area contributed by atoms with Crippen LogP contribution in [0, 0.1) is 5.92 Å². The topological polar surface area (TPSA) is 85.4 Å². The molecular weight excluding hydrogens is 246 g/mol. The maximum atomic E-state index is 11.3. The number of piperazine rings is 1. The standard InChI is InChI=1S/C12H19N5O2/c13-12(18)10-5-11(16-3-1-14-2-4-16)17(15-10)6-9-7-19-8-9/h5,9,14H,1-4,6-8H2,(H2,13,18). The van der Waals surface area contributed by atoms with Crippen LogP contribution in [0.3, 0.4) is 0 Å². The van der Waals surface area contributed by atoms with Crippen LogP contribution in [0.15, 0.2) is 6.07 Å². The lowest BCUT2D eigenvalue weighted by atomic mass is 10.1. The highest BCUT2D eigenvalue weighted by Gasteiger charge is 2.24.